The minimum atomic E-state index is -3.55. The van der Waals surface area contributed by atoms with E-state index in [1.54, 1.807) is 12.1 Å². The third-order valence-corrected chi connectivity index (χ3v) is 4.36. The van der Waals surface area contributed by atoms with Crippen molar-refractivity contribution in [1.29, 1.82) is 0 Å². The number of carbonyl (C=O) groups is 1. The van der Waals surface area contributed by atoms with Gasteiger partial charge in [0.25, 0.3) is 5.91 Å². The Kier molecular flexibility index (Phi) is 4.32. The number of benzene rings is 1. The molecule has 2 rings (SSSR count). The Morgan fingerprint density at radius 1 is 1.41 bits per heavy atom. The normalized spacial score (nSPS) is 18.4. The lowest BCUT2D eigenvalue weighted by Gasteiger charge is -2.35. The minimum absolute atomic E-state index is 0.0892. The molecule has 8 heteroatoms. The van der Waals surface area contributed by atoms with Gasteiger partial charge in [-0.2, -0.15) is 0 Å². The average molecular weight is 347 g/mol. The van der Waals surface area contributed by atoms with Crippen molar-refractivity contribution in [3.8, 4) is 5.75 Å². The van der Waals surface area contributed by atoms with Gasteiger partial charge < -0.3 is 10.1 Å². The van der Waals surface area contributed by atoms with Crippen LogP contribution in [0.15, 0.2) is 18.2 Å². The van der Waals surface area contributed by atoms with E-state index in [0.717, 1.165) is 10.6 Å². The number of nitrogens with zero attached hydrogens (tertiary/aromatic N) is 1. The zero-order valence-electron chi connectivity index (χ0n) is 12.9. The second kappa shape index (κ2) is 5.62. The standard InChI is InChI=1S/C14H19ClN2O4S/c1-14(2,3)16-13(18)12-8-17(22(4,19)20)10-7-9(15)5-6-11(10)21-12/h5-7,12H,8H2,1-4H3,(H,16,18)/t12-/m1/s1. The van der Waals surface area contributed by atoms with Crippen molar-refractivity contribution in [2.75, 3.05) is 17.1 Å². The van der Waals surface area contributed by atoms with Crippen molar-refractivity contribution in [2.45, 2.75) is 32.4 Å². The summed E-state index contributed by atoms with van der Waals surface area (Å²) in [5.74, 6) is -0.0446. The van der Waals surface area contributed by atoms with E-state index in [1.807, 2.05) is 20.8 Å². The van der Waals surface area contributed by atoms with Crippen LogP contribution < -0.4 is 14.4 Å². The summed E-state index contributed by atoms with van der Waals surface area (Å²) in [7, 11) is -3.55. The molecule has 6 nitrogen and oxygen atoms in total. The maximum Gasteiger partial charge on any atom is 0.263 e. The zero-order valence-corrected chi connectivity index (χ0v) is 14.5. The van der Waals surface area contributed by atoms with E-state index in [-0.39, 0.29) is 12.5 Å². The molecule has 1 aliphatic rings. The Morgan fingerprint density at radius 2 is 2.05 bits per heavy atom. The van der Waals surface area contributed by atoms with E-state index >= 15 is 0 Å². The molecule has 0 saturated heterocycles. The molecular formula is C14H19ClN2O4S. The largest absolute Gasteiger partial charge is 0.476 e. The van der Waals surface area contributed by atoms with E-state index in [4.69, 9.17) is 16.3 Å². The van der Waals surface area contributed by atoms with Crippen LogP contribution in [0.25, 0.3) is 0 Å². The molecule has 1 heterocycles. The van der Waals surface area contributed by atoms with Crippen molar-refractivity contribution < 1.29 is 17.9 Å². The highest BCUT2D eigenvalue weighted by Gasteiger charge is 2.36. The van der Waals surface area contributed by atoms with E-state index in [9.17, 15) is 13.2 Å². The van der Waals surface area contributed by atoms with Crippen LogP contribution in [0, 0.1) is 0 Å². The van der Waals surface area contributed by atoms with Crippen LogP contribution in [0.2, 0.25) is 5.02 Å². The van der Waals surface area contributed by atoms with Gasteiger partial charge in [0.1, 0.15) is 5.75 Å². The third-order valence-electron chi connectivity index (χ3n) is 2.98. The smallest absolute Gasteiger partial charge is 0.263 e. The van der Waals surface area contributed by atoms with Gasteiger partial charge in [0.15, 0.2) is 6.10 Å². The molecule has 0 aliphatic carbocycles. The predicted molar refractivity (Wildman–Crippen MR) is 86.0 cm³/mol. The van der Waals surface area contributed by atoms with Gasteiger partial charge in [0.05, 0.1) is 18.5 Å². The Balaban J connectivity index is 2.37. The summed E-state index contributed by atoms with van der Waals surface area (Å²) in [6.45, 7) is 5.44. The van der Waals surface area contributed by atoms with Gasteiger partial charge in [-0.3, -0.25) is 9.10 Å². The number of hydrogen-bond acceptors (Lipinski definition) is 4. The number of rotatable bonds is 2. The Labute approximate surface area is 135 Å². The van der Waals surface area contributed by atoms with E-state index in [2.05, 4.69) is 5.32 Å². The molecule has 1 aromatic rings. The summed E-state index contributed by atoms with van der Waals surface area (Å²) in [5.41, 5.74) is -0.0915. The molecular weight excluding hydrogens is 328 g/mol. The van der Waals surface area contributed by atoms with Crippen molar-refractivity contribution >= 4 is 33.2 Å². The van der Waals surface area contributed by atoms with Crippen LogP contribution in [-0.4, -0.2) is 38.8 Å². The highest BCUT2D eigenvalue weighted by molar-refractivity contribution is 7.92. The van der Waals surface area contributed by atoms with Gasteiger partial charge in [-0.05, 0) is 39.0 Å². The summed E-state index contributed by atoms with van der Waals surface area (Å²) in [6.07, 6.45) is 0.171. The molecule has 0 saturated carbocycles. The highest BCUT2D eigenvalue weighted by atomic mass is 35.5. The van der Waals surface area contributed by atoms with Gasteiger partial charge in [-0.15, -0.1) is 0 Å². The molecule has 0 radical (unpaired) electrons. The lowest BCUT2D eigenvalue weighted by Crippen LogP contribution is -2.54. The molecule has 0 aromatic heterocycles. The Bertz CT molecular complexity index is 697. The number of amides is 1. The number of anilines is 1. The molecule has 1 amide bonds. The van der Waals surface area contributed by atoms with Gasteiger partial charge in [-0.1, -0.05) is 11.6 Å². The Morgan fingerprint density at radius 3 is 2.59 bits per heavy atom. The van der Waals surface area contributed by atoms with E-state index < -0.39 is 21.7 Å². The number of sulfonamides is 1. The number of nitrogens with one attached hydrogen (secondary N) is 1. The first-order valence-electron chi connectivity index (χ1n) is 6.73. The van der Waals surface area contributed by atoms with Crippen LogP contribution in [-0.2, 0) is 14.8 Å². The maximum atomic E-state index is 12.3. The fraction of sp³-hybridized carbons (Fsp3) is 0.500. The molecule has 1 atom stereocenters. The maximum absolute atomic E-state index is 12.3. The van der Waals surface area contributed by atoms with Gasteiger partial charge in [-0.25, -0.2) is 8.42 Å². The zero-order chi connectivity index (χ0) is 16.7. The summed E-state index contributed by atoms with van der Waals surface area (Å²) < 4.78 is 30.8. The van der Waals surface area contributed by atoms with Gasteiger partial charge >= 0.3 is 0 Å². The molecule has 0 spiro atoms. The van der Waals surface area contributed by atoms with Crippen molar-refractivity contribution in [3.05, 3.63) is 23.2 Å². The molecule has 1 aliphatic heterocycles. The lowest BCUT2D eigenvalue weighted by molar-refractivity contribution is -0.129. The van der Waals surface area contributed by atoms with Crippen LogP contribution in [0.5, 0.6) is 5.75 Å². The lowest BCUT2D eigenvalue weighted by atomic mass is 10.1. The van der Waals surface area contributed by atoms with Crippen molar-refractivity contribution in [1.82, 2.24) is 5.32 Å². The Hall–Kier alpha value is -1.47. The second-order valence-electron chi connectivity index (χ2n) is 6.25. The number of hydrogen-bond donors (Lipinski definition) is 1. The SMILES string of the molecule is CC(C)(C)NC(=O)[C@H]1CN(S(C)(=O)=O)c2cc(Cl)ccc2O1. The van der Waals surface area contributed by atoms with Crippen LogP contribution >= 0.6 is 11.6 Å². The quantitative estimate of drug-likeness (QED) is 0.885. The van der Waals surface area contributed by atoms with Gasteiger partial charge in [0.2, 0.25) is 10.0 Å². The van der Waals surface area contributed by atoms with Crippen molar-refractivity contribution in [2.24, 2.45) is 0 Å². The summed E-state index contributed by atoms with van der Waals surface area (Å²) in [5, 5.41) is 3.19. The summed E-state index contributed by atoms with van der Waals surface area (Å²) in [4.78, 5) is 12.3. The third kappa shape index (κ3) is 3.84. The van der Waals surface area contributed by atoms with Crippen LogP contribution in [0.3, 0.4) is 0 Å². The number of ether oxygens (including phenoxy) is 1. The number of carbonyl (C=O) groups excluding carboxylic acids is 1. The molecule has 1 N–H and O–H groups in total. The second-order valence-corrected chi connectivity index (χ2v) is 8.60. The summed E-state index contributed by atoms with van der Waals surface area (Å²) in [6, 6.07) is 4.66. The molecule has 22 heavy (non-hydrogen) atoms. The predicted octanol–water partition coefficient (Wildman–Crippen LogP) is 1.78. The molecule has 122 valence electrons. The monoisotopic (exact) mass is 346 g/mol. The van der Waals surface area contributed by atoms with Crippen LogP contribution in [0.4, 0.5) is 5.69 Å². The minimum Gasteiger partial charge on any atom is -0.476 e. The fourth-order valence-electron chi connectivity index (χ4n) is 2.13. The summed E-state index contributed by atoms with van der Waals surface area (Å²) >= 11 is 5.92. The average Bonchev–Trinajstić information content (AvgIpc) is 2.34. The van der Waals surface area contributed by atoms with Gasteiger partial charge in [0, 0.05) is 10.6 Å². The van der Waals surface area contributed by atoms with E-state index in [0.29, 0.717) is 16.5 Å². The first-order valence-corrected chi connectivity index (χ1v) is 8.96. The van der Waals surface area contributed by atoms with Crippen molar-refractivity contribution in [3.63, 3.8) is 0 Å². The molecule has 0 fully saturated rings. The number of fused-ring (bicyclic) bond motifs is 1. The first-order chi connectivity index (χ1) is 9.97. The molecule has 0 unspecified atom stereocenters. The topological polar surface area (TPSA) is 75.7 Å². The van der Waals surface area contributed by atoms with E-state index in [1.165, 1.54) is 6.07 Å². The number of halogens is 1. The molecule has 1 aromatic carbocycles. The van der Waals surface area contributed by atoms with Crippen LogP contribution in [0.1, 0.15) is 20.8 Å². The fourth-order valence-corrected chi connectivity index (χ4v) is 3.20. The molecule has 0 bridgehead atoms. The highest BCUT2D eigenvalue weighted by Crippen LogP contribution is 2.37. The first kappa shape index (κ1) is 16.9.